The van der Waals surface area contributed by atoms with Crippen molar-refractivity contribution in [1.29, 1.82) is 0 Å². The Hall–Kier alpha value is -0.570. The van der Waals surface area contributed by atoms with Gasteiger partial charge in [-0.3, -0.25) is 9.69 Å². The van der Waals surface area contributed by atoms with Crippen molar-refractivity contribution >= 4 is 5.97 Å². The van der Waals surface area contributed by atoms with E-state index in [1.54, 1.807) is 0 Å². The van der Waals surface area contributed by atoms with Gasteiger partial charge < -0.3 is 5.11 Å². The summed E-state index contributed by atoms with van der Waals surface area (Å²) in [6, 6.07) is 0.506. The monoisotopic (exact) mass is 115 g/mol. The van der Waals surface area contributed by atoms with E-state index in [0.29, 0.717) is 6.04 Å². The lowest BCUT2D eigenvalue weighted by molar-refractivity contribution is -0.137. The Morgan fingerprint density at radius 3 is 2.62 bits per heavy atom. The first kappa shape index (κ1) is 5.56. The summed E-state index contributed by atoms with van der Waals surface area (Å²) >= 11 is 0. The van der Waals surface area contributed by atoms with E-state index in [1.807, 2.05) is 11.8 Å². The van der Waals surface area contributed by atoms with Crippen LogP contribution in [-0.4, -0.2) is 35.1 Å². The van der Waals surface area contributed by atoms with Crippen molar-refractivity contribution in [2.24, 2.45) is 0 Å². The predicted molar refractivity (Wildman–Crippen MR) is 28.7 cm³/mol. The molecule has 2 atom stereocenters. The summed E-state index contributed by atoms with van der Waals surface area (Å²) < 4.78 is 0. The van der Waals surface area contributed by atoms with Gasteiger partial charge in [-0.25, -0.2) is 0 Å². The molecule has 0 aromatic rings. The Kier molecular flexibility index (Phi) is 1.21. The molecule has 3 heteroatoms. The minimum absolute atomic E-state index is 0.209. The van der Waals surface area contributed by atoms with Crippen LogP contribution in [0, 0.1) is 0 Å². The third kappa shape index (κ3) is 1.20. The number of carbonyl (C=O) groups is 1. The Morgan fingerprint density at radius 2 is 2.50 bits per heavy atom. The van der Waals surface area contributed by atoms with Crippen LogP contribution < -0.4 is 0 Å². The van der Waals surface area contributed by atoms with E-state index >= 15 is 0 Å². The average Bonchev–Trinajstić information content (AvgIpc) is 2.17. The fourth-order valence-electron chi connectivity index (χ4n) is 0.686. The van der Waals surface area contributed by atoms with E-state index in [9.17, 15) is 4.79 Å². The van der Waals surface area contributed by atoms with Crippen LogP contribution in [0.4, 0.5) is 0 Å². The van der Waals surface area contributed by atoms with Gasteiger partial charge in [0.05, 0.1) is 6.54 Å². The molecule has 1 heterocycles. The number of nitrogens with zero attached hydrogens (tertiary/aromatic N) is 1. The highest BCUT2D eigenvalue weighted by Gasteiger charge is 2.30. The SMILES string of the molecule is CC1CN1CC(=O)O. The Bertz CT molecular complexity index is 113. The van der Waals surface area contributed by atoms with E-state index in [2.05, 4.69) is 0 Å². The molecule has 0 aromatic heterocycles. The summed E-state index contributed by atoms with van der Waals surface area (Å²) in [5, 5.41) is 8.20. The largest absolute Gasteiger partial charge is 0.480 e. The van der Waals surface area contributed by atoms with Gasteiger partial charge in [-0.2, -0.15) is 0 Å². The van der Waals surface area contributed by atoms with Gasteiger partial charge in [-0.1, -0.05) is 0 Å². The molecule has 1 saturated heterocycles. The first-order chi connectivity index (χ1) is 3.70. The molecule has 0 amide bonds. The molecule has 2 unspecified atom stereocenters. The van der Waals surface area contributed by atoms with E-state index in [1.165, 1.54) is 0 Å². The van der Waals surface area contributed by atoms with Gasteiger partial charge in [0.2, 0.25) is 0 Å². The van der Waals surface area contributed by atoms with Crippen LogP contribution in [0.1, 0.15) is 6.92 Å². The lowest BCUT2D eigenvalue weighted by Crippen LogP contribution is -2.12. The van der Waals surface area contributed by atoms with E-state index in [4.69, 9.17) is 5.11 Å². The highest BCUT2D eigenvalue weighted by atomic mass is 16.4. The van der Waals surface area contributed by atoms with Crippen molar-refractivity contribution in [1.82, 2.24) is 4.90 Å². The number of rotatable bonds is 2. The van der Waals surface area contributed by atoms with Crippen molar-refractivity contribution in [2.45, 2.75) is 13.0 Å². The number of carboxylic acids is 1. The average molecular weight is 115 g/mol. The second-order valence-corrected chi connectivity index (χ2v) is 2.17. The molecule has 1 rings (SSSR count). The van der Waals surface area contributed by atoms with Gasteiger partial charge in [-0.15, -0.1) is 0 Å². The van der Waals surface area contributed by atoms with E-state index in [-0.39, 0.29) is 6.54 Å². The maximum absolute atomic E-state index is 9.95. The molecule has 0 saturated carbocycles. The fraction of sp³-hybridized carbons (Fsp3) is 0.800. The molecule has 1 aliphatic rings. The van der Waals surface area contributed by atoms with Crippen LogP contribution in [0.3, 0.4) is 0 Å². The molecular formula is C5H9NO2. The number of hydrogen-bond donors (Lipinski definition) is 1. The fourth-order valence-corrected chi connectivity index (χ4v) is 0.686. The van der Waals surface area contributed by atoms with Crippen LogP contribution in [0.2, 0.25) is 0 Å². The first-order valence-electron chi connectivity index (χ1n) is 2.66. The van der Waals surface area contributed by atoms with Crippen LogP contribution in [0.25, 0.3) is 0 Å². The van der Waals surface area contributed by atoms with Crippen molar-refractivity contribution in [3.63, 3.8) is 0 Å². The molecule has 0 spiro atoms. The zero-order valence-electron chi connectivity index (χ0n) is 4.79. The van der Waals surface area contributed by atoms with Gasteiger partial charge in [0.15, 0.2) is 0 Å². The Morgan fingerprint density at radius 1 is 2.00 bits per heavy atom. The van der Waals surface area contributed by atoms with Crippen LogP contribution in [0.15, 0.2) is 0 Å². The number of carboxylic acid groups (broad SMARTS) is 1. The van der Waals surface area contributed by atoms with E-state index in [0.717, 1.165) is 6.54 Å². The smallest absolute Gasteiger partial charge is 0.317 e. The van der Waals surface area contributed by atoms with Crippen molar-refractivity contribution in [3.8, 4) is 0 Å². The second-order valence-electron chi connectivity index (χ2n) is 2.17. The molecule has 0 aromatic carbocycles. The summed E-state index contributed by atoms with van der Waals surface area (Å²) in [5.74, 6) is -0.727. The highest BCUT2D eigenvalue weighted by Crippen LogP contribution is 2.13. The predicted octanol–water partition coefficient (Wildman–Crippen LogP) is -0.225. The minimum atomic E-state index is -0.727. The molecule has 0 aliphatic carbocycles. The molecule has 0 radical (unpaired) electrons. The lowest BCUT2D eigenvalue weighted by atomic mass is 10.6. The summed E-state index contributed by atoms with van der Waals surface area (Å²) in [7, 11) is 0. The minimum Gasteiger partial charge on any atom is -0.480 e. The zero-order valence-corrected chi connectivity index (χ0v) is 4.79. The molecule has 8 heavy (non-hydrogen) atoms. The van der Waals surface area contributed by atoms with Gasteiger partial charge in [0.25, 0.3) is 0 Å². The van der Waals surface area contributed by atoms with E-state index < -0.39 is 5.97 Å². The third-order valence-electron chi connectivity index (χ3n) is 1.33. The highest BCUT2D eigenvalue weighted by molar-refractivity contribution is 5.69. The lowest BCUT2D eigenvalue weighted by Gasteiger charge is -1.91. The van der Waals surface area contributed by atoms with Gasteiger partial charge in [0, 0.05) is 12.6 Å². The third-order valence-corrected chi connectivity index (χ3v) is 1.33. The maximum atomic E-state index is 9.95. The number of aliphatic carboxylic acids is 1. The molecule has 1 fully saturated rings. The van der Waals surface area contributed by atoms with Crippen LogP contribution >= 0.6 is 0 Å². The Balaban J connectivity index is 2.14. The normalized spacial score (nSPS) is 34.6. The number of hydrogen-bond acceptors (Lipinski definition) is 2. The molecular weight excluding hydrogens is 106 g/mol. The molecule has 0 bridgehead atoms. The summed E-state index contributed by atoms with van der Waals surface area (Å²) in [4.78, 5) is 11.8. The van der Waals surface area contributed by atoms with Gasteiger partial charge in [-0.05, 0) is 6.92 Å². The molecule has 3 nitrogen and oxygen atoms in total. The second kappa shape index (κ2) is 1.74. The Labute approximate surface area is 47.9 Å². The summed E-state index contributed by atoms with van der Waals surface area (Å²) in [5.41, 5.74) is 0. The van der Waals surface area contributed by atoms with Gasteiger partial charge in [0.1, 0.15) is 0 Å². The maximum Gasteiger partial charge on any atom is 0.317 e. The van der Waals surface area contributed by atoms with Crippen LogP contribution in [-0.2, 0) is 4.79 Å². The van der Waals surface area contributed by atoms with Crippen molar-refractivity contribution in [3.05, 3.63) is 0 Å². The zero-order chi connectivity index (χ0) is 6.15. The summed E-state index contributed by atoms with van der Waals surface area (Å²) in [6.45, 7) is 3.18. The van der Waals surface area contributed by atoms with Crippen LogP contribution in [0.5, 0.6) is 0 Å². The summed E-state index contributed by atoms with van der Waals surface area (Å²) in [6.07, 6.45) is 0. The quantitative estimate of drug-likeness (QED) is 0.505. The van der Waals surface area contributed by atoms with Gasteiger partial charge >= 0.3 is 5.97 Å². The van der Waals surface area contributed by atoms with Crippen molar-refractivity contribution in [2.75, 3.05) is 13.1 Å². The topological polar surface area (TPSA) is 40.3 Å². The molecule has 1 N–H and O–H groups in total. The molecule has 1 aliphatic heterocycles. The molecule has 46 valence electrons. The van der Waals surface area contributed by atoms with Crippen molar-refractivity contribution < 1.29 is 9.90 Å². The standard InChI is InChI=1S/C5H9NO2/c1-4-2-6(4)3-5(7)8/h4H,2-3H2,1H3,(H,7,8). The first-order valence-corrected chi connectivity index (χ1v) is 2.66.